The Balaban J connectivity index is 0.914. The first kappa shape index (κ1) is 32.6. The van der Waals surface area contributed by atoms with E-state index in [0.717, 1.165) is 55.7 Å². The van der Waals surface area contributed by atoms with E-state index in [1.165, 1.54) is 18.2 Å². The van der Waals surface area contributed by atoms with Gasteiger partial charge in [-0.05, 0) is 81.7 Å². The molecule has 3 heterocycles. The van der Waals surface area contributed by atoms with E-state index in [9.17, 15) is 32.5 Å². The Morgan fingerprint density at radius 1 is 1.09 bits per heavy atom. The van der Waals surface area contributed by atoms with E-state index in [0.29, 0.717) is 37.4 Å². The zero-order valence-corrected chi connectivity index (χ0v) is 26.0. The Labute approximate surface area is 265 Å². The van der Waals surface area contributed by atoms with Crippen LogP contribution in [0.4, 0.5) is 23.2 Å². The Morgan fingerprint density at radius 2 is 1.85 bits per heavy atom. The molecular formula is C33H40F4N4O5. The van der Waals surface area contributed by atoms with Crippen molar-refractivity contribution in [3.8, 4) is 5.75 Å². The second kappa shape index (κ2) is 13.1. The van der Waals surface area contributed by atoms with Crippen molar-refractivity contribution < 1.29 is 36.8 Å². The summed E-state index contributed by atoms with van der Waals surface area (Å²) in [5.41, 5.74) is -0.828. The molecule has 0 radical (unpaired) electrons. The van der Waals surface area contributed by atoms with Gasteiger partial charge in [-0.3, -0.25) is 19.8 Å². The quantitative estimate of drug-likeness (QED) is 0.174. The van der Waals surface area contributed by atoms with E-state index >= 15 is 0 Å². The van der Waals surface area contributed by atoms with Crippen molar-refractivity contribution in [1.82, 2.24) is 15.1 Å². The van der Waals surface area contributed by atoms with Crippen LogP contribution in [0.2, 0.25) is 0 Å². The Morgan fingerprint density at radius 3 is 2.57 bits per heavy atom. The molecule has 46 heavy (non-hydrogen) atoms. The van der Waals surface area contributed by atoms with Crippen LogP contribution in [-0.4, -0.2) is 83.2 Å². The van der Waals surface area contributed by atoms with E-state index in [2.05, 4.69) is 17.1 Å². The number of piperazine rings is 1. The van der Waals surface area contributed by atoms with Gasteiger partial charge in [-0.15, -0.1) is 0 Å². The first-order valence-corrected chi connectivity index (χ1v) is 16.1. The van der Waals surface area contributed by atoms with Crippen LogP contribution in [0, 0.1) is 21.8 Å². The molecule has 13 heteroatoms. The van der Waals surface area contributed by atoms with Crippen molar-refractivity contribution in [2.45, 2.75) is 94.9 Å². The van der Waals surface area contributed by atoms with Crippen LogP contribution in [0.25, 0.3) is 0 Å². The van der Waals surface area contributed by atoms with Gasteiger partial charge in [0.15, 0.2) is 0 Å². The summed E-state index contributed by atoms with van der Waals surface area (Å²) in [4.78, 5) is 27.4. The predicted octanol–water partition coefficient (Wildman–Crippen LogP) is 5.14. The number of carbonyl (C=O) groups is 1. The minimum atomic E-state index is -4.79. The fourth-order valence-electron chi connectivity index (χ4n) is 7.53. The fourth-order valence-corrected chi connectivity index (χ4v) is 7.53. The summed E-state index contributed by atoms with van der Waals surface area (Å²) in [5, 5.41) is 14.4. The third-order valence-corrected chi connectivity index (χ3v) is 10.1. The van der Waals surface area contributed by atoms with Gasteiger partial charge in [0.05, 0.1) is 11.0 Å². The molecule has 2 saturated heterocycles. The average Bonchev–Trinajstić information content (AvgIpc) is 3.65. The van der Waals surface area contributed by atoms with Crippen molar-refractivity contribution in [2.24, 2.45) is 5.92 Å². The average molecular weight is 649 g/mol. The number of alkyl halides is 3. The van der Waals surface area contributed by atoms with Gasteiger partial charge in [0.25, 0.3) is 5.69 Å². The van der Waals surface area contributed by atoms with Crippen molar-refractivity contribution in [3.05, 3.63) is 69.0 Å². The number of ether oxygens (including phenoxy) is 2. The highest BCUT2D eigenvalue weighted by molar-refractivity contribution is 5.78. The molecule has 250 valence electrons. The number of carbonyl (C=O) groups excluding carboxylic acids is 1. The van der Waals surface area contributed by atoms with Crippen molar-refractivity contribution in [3.63, 3.8) is 0 Å². The molecule has 0 bridgehead atoms. The first-order chi connectivity index (χ1) is 21.9. The largest absolute Gasteiger partial charge is 0.488 e. The monoisotopic (exact) mass is 648 g/mol. The zero-order chi connectivity index (χ0) is 32.7. The third kappa shape index (κ3) is 7.31. The molecule has 1 saturated carbocycles. The first-order valence-electron chi connectivity index (χ1n) is 16.1. The third-order valence-electron chi connectivity index (χ3n) is 10.1. The lowest BCUT2D eigenvalue weighted by Crippen LogP contribution is -2.60. The number of hydrogen-bond acceptors (Lipinski definition) is 7. The van der Waals surface area contributed by atoms with E-state index in [1.807, 2.05) is 11.8 Å². The number of nitrogens with zero attached hydrogens (tertiary/aromatic N) is 3. The maximum absolute atomic E-state index is 13.6. The number of benzene rings is 2. The van der Waals surface area contributed by atoms with Crippen LogP contribution in [0.15, 0.2) is 36.4 Å². The van der Waals surface area contributed by atoms with Gasteiger partial charge in [0, 0.05) is 61.9 Å². The molecule has 3 unspecified atom stereocenters. The van der Waals surface area contributed by atoms with Gasteiger partial charge in [-0.1, -0.05) is 6.07 Å². The zero-order valence-electron chi connectivity index (χ0n) is 26.0. The highest BCUT2D eigenvalue weighted by Crippen LogP contribution is 2.39. The number of fused-ring (bicyclic) bond motifs is 1. The minimum absolute atomic E-state index is 0.0126. The smallest absolute Gasteiger partial charge is 0.423 e. The molecule has 3 aliphatic heterocycles. The lowest BCUT2D eigenvalue weighted by atomic mass is 9.83. The summed E-state index contributed by atoms with van der Waals surface area (Å²) in [6.45, 7) is 6.20. The molecule has 4 aliphatic rings. The Hall–Kier alpha value is -3.29. The van der Waals surface area contributed by atoms with Gasteiger partial charge in [0.1, 0.15) is 29.8 Å². The molecule has 2 aromatic carbocycles. The number of hydrogen-bond donors (Lipinski definition) is 1. The molecular weight excluding hydrogens is 608 g/mol. The van der Waals surface area contributed by atoms with Gasteiger partial charge in [0.2, 0.25) is 5.91 Å². The lowest BCUT2D eigenvalue weighted by molar-refractivity contribution is -0.388. The Kier molecular flexibility index (Phi) is 9.28. The van der Waals surface area contributed by atoms with E-state index in [1.54, 1.807) is 6.07 Å². The molecule has 1 N–H and O–H groups in total. The van der Waals surface area contributed by atoms with Gasteiger partial charge in [-0.2, -0.15) is 13.2 Å². The van der Waals surface area contributed by atoms with Crippen LogP contribution in [0.1, 0.15) is 56.2 Å². The highest BCUT2D eigenvalue weighted by Gasteiger charge is 2.44. The topological polar surface area (TPSA) is 107 Å². The summed E-state index contributed by atoms with van der Waals surface area (Å²) in [7, 11) is 0. The molecule has 9 nitrogen and oxygen atoms in total. The predicted molar refractivity (Wildman–Crippen MR) is 161 cm³/mol. The molecule has 5 atom stereocenters. The second-order valence-electron chi connectivity index (χ2n) is 13.4. The van der Waals surface area contributed by atoms with Crippen LogP contribution in [-0.2, 0) is 28.5 Å². The molecule has 0 aromatic heterocycles. The summed E-state index contributed by atoms with van der Waals surface area (Å²) in [6, 6.07) is 8.26. The second-order valence-corrected chi connectivity index (χ2v) is 13.4. The van der Waals surface area contributed by atoms with Crippen LogP contribution in [0.3, 0.4) is 0 Å². The standard InChI is InChI=1S/C33H40F4N4O5/c1-19-16-40(20(2)15-39(19)17-26-14-23-13-24(34)6-10-30(23)46-26)31(42)18-45-25-7-4-22(5-8-25)32-28(38-32)12-21-3-9-29(41(43)44)27(11-21)33(35,36)37/h3,6,9-11,13,19-20,22,25-26,28,32,38H,4-5,7-8,12,14-18H2,1-2H3/t19-,20+,22?,25?,26?,28?,32?/m0/s1. The molecule has 1 aliphatic carbocycles. The number of rotatable bonds is 9. The van der Waals surface area contributed by atoms with Crippen molar-refractivity contribution in [1.29, 1.82) is 0 Å². The van der Waals surface area contributed by atoms with E-state index < -0.39 is 22.4 Å². The number of nitrogens with one attached hydrogen (secondary N) is 1. The van der Waals surface area contributed by atoms with Crippen LogP contribution in [0.5, 0.6) is 5.75 Å². The van der Waals surface area contributed by atoms with Gasteiger partial charge >= 0.3 is 6.18 Å². The van der Waals surface area contributed by atoms with E-state index in [4.69, 9.17) is 9.47 Å². The maximum atomic E-state index is 13.6. The molecule has 3 fully saturated rings. The summed E-state index contributed by atoms with van der Waals surface area (Å²) >= 11 is 0. The normalized spacial score (nSPS) is 29.7. The van der Waals surface area contributed by atoms with Crippen LogP contribution < -0.4 is 10.1 Å². The van der Waals surface area contributed by atoms with Gasteiger partial charge < -0.3 is 19.7 Å². The molecule has 1 amide bonds. The Bertz CT molecular complexity index is 1450. The molecule has 6 rings (SSSR count). The summed E-state index contributed by atoms with van der Waals surface area (Å²) in [6.07, 6.45) is -0.385. The van der Waals surface area contributed by atoms with Crippen LogP contribution >= 0.6 is 0 Å². The molecule has 2 aromatic rings. The van der Waals surface area contributed by atoms with Crippen molar-refractivity contribution in [2.75, 3.05) is 26.2 Å². The maximum Gasteiger partial charge on any atom is 0.423 e. The number of nitro benzene ring substituents is 1. The van der Waals surface area contributed by atoms with Gasteiger partial charge in [-0.25, -0.2) is 4.39 Å². The number of halogens is 4. The minimum Gasteiger partial charge on any atom is -0.488 e. The van der Waals surface area contributed by atoms with Crippen molar-refractivity contribution >= 4 is 11.6 Å². The summed E-state index contributed by atoms with van der Waals surface area (Å²) < 4.78 is 65.8. The summed E-state index contributed by atoms with van der Waals surface area (Å²) in [5.74, 6) is 0.827. The molecule has 0 spiro atoms. The number of amides is 1. The number of nitro groups is 1. The lowest BCUT2D eigenvalue weighted by Gasteiger charge is -2.44. The van der Waals surface area contributed by atoms with E-state index in [-0.39, 0.29) is 54.7 Å². The fraction of sp³-hybridized carbons (Fsp3) is 0.606. The highest BCUT2D eigenvalue weighted by atomic mass is 19.4. The SMILES string of the molecule is C[C@@H]1CN(CC2Cc3cc(F)ccc3O2)[C@@H](C)CN1C(=O)COC1CCC(C2NC2Cc2ccc([N+](=O)[O-])c(C(F)(F)F)c2)CC1.